The van der Waals surface area contributed by atoms with Gasteiger partial charge in [-0.25, -0.2) is 19.2 Å². The van der Waals surface area contributed by atoms with Gasteiger partial charge in [-0.15, -0.1) is 0 Å². The highest BCUT2D eigenvalue weighted by molar-refractivity contribution is 6.09. The molecule has 0 saturated heterocycles. The highest BCUT2D eigenvalue weighted by atomic mass is 16.5. The third-order valence-corrected chi connectivity index (χ3v) is 11.1. The van der Waals surface area contributed by atoms with E-state index in [0.29, 0.717) is 11.1 Å². The third kappa shape index (κ3) is 10.5. The molecule has 0 amide bonds. The number of hydrogen-bond donors (Lipinski definition) is 4. The monoisotopic (exact) mass is 926 g/mol. The van der Waals surface area contributed by atoms with Gasteiger partial charge in [0.2, 0.25) is 0 Å². The summed E-state index contributed by atoms with van der Waals surface area (Å²) in [7, 11) is 0. The summed E-state index contributed by atoms with van der Waals surface area (Å²) in [5.74, 6) is -7.59. The number of benzene rings is 8. The van der Waals surface area contributed by atoms with Gasteiger partial charge in [0.25, 0.3) is 0 Å². The van der Waals surface area contributed by atoms with E-state index in [1.54, 1.807) is 84.9 Å². The Morgan fingerprint density at radius 1 is 0.343 bits per heavy atom. The van der Waals surface area contributed by atoms with Crippen molar-refractivity contribution in [3.63, 3.8) is 0 Å². The van der Waals surface area contributed by atoms with Crippen LogP contribution in [-0.2, 0) is 0 Å². The first-order valence-electron chi connectivity index (χ1n) is 21.4. The summed E-state index contributed by atoms with van der Waals surface area (Å²) in [6, 6.07) is 50.0. The van der Waals surface area contributed by atoms with Crippen molar-refractivity contribution >= 4 is 47.6 Å². The number of rotatable bonds is 17. The average Bonchev–Trinajstić information content (AvgIpc) is 3.38. The second kappa shape index (κ2) is 20.7. The molecule has 0 saturated carbocycles. The lowest BCUT2D eigenvalue weighted by Crippen LogP contribution is -2.13. The first-order valence-corrected chi connectivity index (χ1v) is 21.4. The number of aromatic carboxylic acids is 4. The lowest BCUT2D eigenvalue weighted by atomic mass is 9.93. The van der Waals surface area contributed by atoms with E-state index < -0.39 is 57.6 Å². The Bertz CT molecular complexity index is 3130. The van der Waals surface area contributed by atoms with E-state index in [-0.39, 0.29) is 34.2 Å². The topological polar surface area (TPSA) is 202 Å². The molecule has 0 unspecified atom stereocenters. The van der Waals surface area contributed by atoms with E-state index in [9.17, 15) is 49.2 Å². The first-order chi connectivity index (χ1) is 33.8. The van der Waals surface area contributed by atoms with E-state index in [0.717, 1.165) is 45.5 Å². The van der Waals surface area contributed by atoms with E-state index in [2.05, 4.69) is 0 Å². The molecule has 0 heterocycles. The molecule has 70 heavy (non-hydrogen) atoms. The van der Waals surface area contributed by atoms with Crippen LogP contribution in [0.25, 0.3) is 45.5 Å². The van der Waals surface area contributed by atoms with Crippen LogP contribution < -0.4 is 9.47 Å². The minimum Gasteiger partial charge on any atom is -0.478 e. The van der Waals surface area contributed by atoms with Crippen LogP contribution in [-0.4, -0.2) is 55.9 Å². The second-order valence-electron chi connectivity index (χ2n) is 15.6. The highest BCUT2D eigenvalue weighted by Crippen LogP contribution is 2.46. The van der Waals surface area contributed by atoms with Crippen LogP contribution >= 0.6 is 0 Å². The van der Waals surface area contributed by atoms with Gasteiger partial charge in [0.15, 0.2) is 23.1 Å². The van der Waals surface area contributed by atoms with E-state index >= 15 is 0 Å². The van der Waals surface area contributed by atoms with Crippen molar-refractivity contribution in [2.24, 2.45) is 0 Å². The number of hydrogen-bond acceptors (Lipinski definition) is 8. The van der Waals surface area contributed by atoms with Crippen LogP contribution in [0.15, 0.2) is 194 Å². The molecule has 12 nitrogen and oxygen atoms in total. The normalized spacial score (nSPS) is 11.0. The zero-order chi connectivity index (χ0) is 49.3. The molecule has 8 rings (SSSR count). The minimum absolute atomic E-state index is 0.0809. The molecular formula is C58H38O12. The molecule has 4 N–H and O–H groups in total. The van der Waals surface area contributed by atoms with Gasteiger partial charge in [0.05, 0.1) is 11.1 Å². The molecular weight excluding hydrogens is 889 g/mol. The van der Waals surface area contributed by atoms with Crippen LogP contribution in [0, 0.1) is 0 Å². The number of ether oxygens (including phenoxy) is 2. The minimum atomic E-state index is -1.67. The van der Waals surface area contributed by atoms with Gasteiger partial charge in [0.1, 0.15) is 22.6 Å². The average molecular weight is 927 g/mol. The molecule has 0 aromatic heterocycles. The van der Waals surface area contributed by atoms with Gasteiger partial charge in [-0.05, 0) is 94.1 Å². The van der Waals surface area contributed by atoms with Crippen molar-refractivity contribution in [3.05, 3.63) is 239 Å². The fourth-order valence-electron chi connectivity index (χ4n) is 7.56. The molecule has 0 atom stereocenters. The fraction of sp³-hybridized carbons (Fsp3) is 0. The molecule has 12 heteroatoms. The van der Waals surface area contributed by atoms with Crippen molar-refractivity contribution < 1.29 is 58.7 Å². The number of carboxylic acids is 4. The Hall–Kier alpha value is -9.94. The Morgan fingerprint density at radius 3 is 0.957 bits per heavy atom. The number of carbonyl (C=O) groups excluding carboxylic acids is 2. The van der Waals surface area contributed by atoms with E-state index in [4.69, 9.17) is 9.47 Å². The van der Waals surface area contributed by atoms with Crippen LogP contribution in [0.4, 0.5) is 0 Å². The quantitative estimate of drug-likeness (QED) is 0.0498. The van der Waals surface area contributed by atoms with Gasteiger partial charge in [-0.3, -0.25) is 9.59 Å². The zero-order valence-electron chi connectivity index (χ0n) is 36.7. The SMILES string of the molecule is O=C(/C=C/c1ccc(-c2ccc(Oc3c(-c4ccc(C(=O)O)c(C(=O)O)c4Oc4ccc(-c5ccc(/C=C/C(=O)c6ccccc6)cc5)cc4)ccc(C(=O)O)c3C(=O)O)cc2)cc1)c1ccccc1. The molecule has 0 aliphatic carbocycles. The van der Waals surface area contributed by atoms with E-state index in [1.807, 2.05) is 60.7 Å². The lowest BCUT2D eigenvalue weighted by Gasteiger charge is -2.20. The molecule has 0 radical (unpaired) electrons. The maximum absolute atomic E-state index is 12.9. The zero-order valence-corrected chi connectivity index (χ0v) is 36.7. The molecule has 0 aliphatic heterocycles. The Labute approximate surface area is 399 Å². The number of carbonyl (C=O) groups is 6. The Balaban J connectivity index is 1.10. The van der Waals surface area contributed by atoms with Gasteiger partial charge < -0.3 is 29.9 Å². The summed E-state index contributed by atoms with van der Waals surface area (Å²) in [5, 5.41) is 41.2. The van der Waals surface area contributed by atoms with Crippen LogP contribution in [0.2, 0.25) is 0 Å². The number of ketones is 2. The summed E-state index contributed by atoms with van der Waals surface area (Å²) in [4.78, 5) is 75.8. The Kier molecular flexibility index (Phi) is 13.8. The molecule has 0 fully saturated rings. The van der Waals surface area contributed by atoms with Gasteiger partial charge in [0, 0.05) is 22.3 Å². The molecule has 8 aromatic rings. The summed E-state index contributed by atoms with van der Waals surface area (Å²) >= 11 is 0. The van der Waals surface area contributed by atoms with E-state index in [1.165, 1.54) is 48.6 Å². The summed E-state index contributed by atoms with van der Waals surface area (Å²) < 4.78 is 12.5. The van der Waals surface area contributed by atoms with Crippen LogP contribution in [0.1, 0.15) is 73.3 Å². The highest BCUT2D eigenvalue weighted by Gasteiger charge is 2.31. The predicted octanol–water partition coefficient (Wildman–Crippen LogP) is 12.9. The molecule has 342 valence electrons. The van der Waals surface area contributed by atoms with Crippen LogP contribution in [0.5, 0.6) is 23.0 Å². The van der Waals surface area contributed by atoms with Crippen LogP contribution in [0.3, 0.4) is 0 Å². The Morgan fingerprint density at radius 2 is 0.657 bits per heavy atom. The van der Waals surface area contributed by atoms with Crippen molar-refractivity contribution in [2.45, 2.75) is 0 Å². The largest absolute Gasteiger partial charge is 0.478 e. The number of allylic oxidation sites excluding steroid dienone is 2. The van der Waals surface area contributed by atoms with Crippen molar-refractivity contribution in [3.8, 4) is 56.4 Å². The molecule has 0 aliphatic rings. The maximum Gasteiger partial charge on any atom is 0.340 e. The number of carboxylic acid groups (broad SMARTS) is 4. The summed E-state index contributed by atoms with van der Waals surface area (Å²) in [5.41, 5.74) is 2.74. The lowest BCUT2D eigenvalue weighted by molar-refractivity contribution is 0.0648. The fourth-order valence-corrected chi connectivity index (χ4v) is 7.56. The van der Waals surface area contributed by atoms with Crippen molar-refractivity contribution in [2.75, 3.05) is 0 Å². The molecule has 0 spiro atoms. The second-order valence-corrected chi connectivity index (χ2v) is 15.6. The van der Waals surface area contributed by atoms with Gasteiger partial charge in [-0.2, -0.15) is 0 Å². The molecule has 0 bridgehead atoms. The summed E-state index contributed by atoms with van der Waals surface area (Å²) in [6.45, 7) is 0. The first kappa shape index (κ1) is 46.6. The third-order valence-electron chi connectivity index (χ3n) is 11.1. The smallest absolute Gasteiger partial charge is 0.340 e. The van der Waals surface area contributed by atoms with Crippen molar-refractivity contribution in [1.29, 1.82) is 0 Å². The predicted molar refractivity (Wildman–Crippen MR) is 263 cm³/mol. The molecule has 8 aromatic carbocycles. The maximum atomic E-state index is 12.9. The van der Waals surface area contributed by atoms with Crippen molar-refractivity contribution in [1.82, 2.24) is 0 Å². The van der Waals surface area contributed by atoms with Gasteiger partial charge >= 0.3 is 23.9 Å². The summed E-state index contributed by atoms with van der Waals surface area (Å²) in [6.07, 6.45) is 6.40. The standard InChI is InChI=1S/C58H38O12/c59-49(41-7-3-1-4-8-41)33-15-35-11-17-37(18-12-35)39-21-25-43(26-22-39)69-53-45(29-31-47(55(61)62)51(53)57(65)66)46-30-32-48(56(63)64)52(58(67)68)54(46)70-44-27-23-40(24-28-44)38-19-13-36(14-20-38)16-34-50(60)42-9-5-2-6-10-42/h1-34H,(H,61,62)(H,63,64)(H,65,66)(H,67,68)/b33-15+,34-16+. The van der Waals surface area contributed by atoms with Gasteiger partial charge in [-0.1, -0.05) is 146 Å².